The number of rotatable bonds is 2. The first-order valence-corrected chi connectivity index (χ1v) is 4.61. The average molecular weight is 154 g/mol. The standard InChI is InChI=1S/C9H14S/c1-4-5-9-6-7(2)10-8(9)3/h6H,4-5H2,1-3H3. The van der Waals surface area contributed by atoms with Gasteiger partial charge in [-0.15, -0.1) is 11.3 Å². The van der Waals surface area contributed by atoms with Gasteiger partial charge in [0.05, 0.1) is 0 Å². The quantitative estimate of drug-likeness (QED) is 0.613. The highest BCUT2D eigenvalue weighted by Crippen LogP contribution is 2.21. The van der Waals surface area contributed by atoms with Gasteiger partial charge in [-0.1, -0.05) is 13.3 Å². The smallest absolute Gasteiger partial charge is 0.00490 e. The minimum absolute atomic E-state index is 1.25. The van der Waals surface area contributed by atoms with E-state index in [4.69, 9.17) is 0 Å². The molecule has 0 radical (unpaired) electrons. The predicted octanol–water partition coefficient (Wildman–Crippen LogP) is 3.32. The van der Waals surface area contributed by atoms with Crippen LogP contribution in [0.4, 0.5) is 0 Å². The Hall–Kier alpha value is -0.300. The van der Waals surface area contributed by atoms with E-state index in [9.17, 15) is 0 Å². The summed E-state index contributed by atoms with van der Waals surface area (Å²) in [4.78, 5) is 2.94. The summed E-state index contributed by atoms with van der Waals surface area (Å²) < 4.78 is 0. The zero-order valence-corrected chi connectivity index (χ0v) is 7.72. The van der Waals surface area contributed by atoms with Crippen molar-refractivity contribution >= 4 is 11.3 Å². The van der Waals surface area contributed by atoms with E-state index in [0.717, 1.165) is 0 Å². The number of aryl methyl sites for hydroxylation is 3. The third-order valence-corrected chi connectivity index (χ3v) is 2.67. The van der Waals surface area contributed by atoms with Crippen LogP contribution >= 0.6 is 11.3 Å². The lowest BCUT2D eigenvalue weighted by atomic mass is 10.1. The summed E-state index contributed by atoms with van der Waals surface area (Å²) >= 11 is 1.91. The van der Waals surface area contributed by atoms with Crippen LogP contribution in [0.1, 0.15) is 28.7 Å². The van der Waals surface area contributed by atoms with Gasteiger partial charge >= 0.3 is 0 Å². The highest BCUT2D eigenvalue weighted by molar-refractivity contribution is 7.12. The zero-order chi connectivity index (χ0) is 7.56. The average Bonchev–Trinajstić information content (AvgIpc) is 2.13. The Morgan fingerprint density at radius 2 is 2.10 bits per heavy atom. The Balaban J connectivity index is 2.81. The van der Waals surface area contributed by atoms with Crippen molar-refractivity contribution in [1.29, 1.82) is 0 Å². The Labute approximate surface area is 66.9 Å². The first kappa shape index (κ1) is 7.80. The van der Waals surface area contributed by atoms with Crippen LogP contribution in [-0.4, -0.2) is 0 Å². The van der Waals surface area contributed by atoms with Crippen LogP contribution in [0.3, 0.4) is 0 Å². The first-order chi connectivity index (χ1) is 4.74. The van der Waals surface area contributed by atoms with Crippen molar-refractivity contribution in [2.45, 2.75) is 33.6 Å². The molecule has 0 atom stereocenters. The van der Waals surface area contributed by atoms with Crippen molar-refractivity contribution in [3.63, 3.8) is 0 Å². The summed E-state index contributed by atoms with van der Waals surface area (Å²) in [5.74, 6) is 0. The van der Waals surface area contributed by atoms with Gasteiger partial charge in [0.25, 0.3) is 0 Å². The van der Waals surface area contributed by atoms with Gasteiger partial charge in [0.15, 0.2) is 0 Å². The summed E-state index contributed by atoms with van der Waals surface area (Å²) in [5, 5.41) is 0. The Morgan fingerprint density at radius 1 is 1.40 bits per heavy atom. The number of hydrogen-bond acceptors (Lipinski definition) is 1. The van der Waals surface area contributed by atoms with Gasteiger partial charge in [-0.05, 0) is 31.9 Å². The molecule has 1 heteroatoms. The Kier molecular flexibility index (Phi) is 2.50. The van der Waals surface area contributed by atoms with Crippen LogP contribution in [-0.2, 0) is 6.42 Å². The second-order valence-corrected chi connectivity index (χ2v) is 4.15. The molecule has 0 aliphatic carbocycles. The van der Waals surface area contributed by atoms with E-state index in [2.05, 4.69) is 26.8 Å². The molecular formula is C9H14S. The molecule has 0 aliphatic heterocycles. The molecule has 1 aromatic heterocycles. The molecule has 0 nitrogen and oxygen atoms in total. The van der Waals surface area contributed by atoms with Crippen LogP contribution < -0.4 is 0 Å². The summed E-state index contributed by atoms with van der Waals surface area (Å²) in [5.41, 5.74) is 1.55. The third kappa shape index (κ3) is 1.60. The van der Waals surface area contributed by atoms with Gasteiger partial charge in [-0.25, -0.2) is 0 Å². The van der Waals surface area contributed by atoms with Gasteiger partial charge in [-0.2, -0.15) is 0 Å². The summed E-state index contributed by atoms with van der Waals surface area (Å²) in [6.07, 6.45) is 2.51. The molecule has 1 heterocycles. The monoisotopic (exact) mass is 154 g/mol. The van der Waals surface area contributed by atoms with Crippen molar-refractivity contribution in [3.8, 4) is 0 Å². The van der Waals surface area contributed by atoms with E-state index >= 15 is 0 Å². The fourth-order valence-corrected chi connectivity index (χ4v) is 2.18. The van der Waals surface area contributed by atoms with Crippen molar-refractivity contribution < 1.29 is 0 Å². The maximum absolute atomic E-state index is 2.31. The number of hydrogen-bond donors (Lipinski definition) is 0. The van der Waals surface area contributed by atoms with Crippen LogP contribution in [0.15, 0.2) is 6.07 Å². The lowest BCUT2D eigenvalue weighted by Gasteiger charge is -1.92. The molecule has 0 fully saturated rings. The molecule has 0 unspecified atom stereocenters. The third-order valence-electron chi connectivity index (χ3n) is 1.66. The molecule has 0 aliphatic rings. The highest BCUT2D eigenvalue weighted by atomic mass is 32.1. The molecule has 0 saturated carbocycles. The normalized spacial score (nSPS) is 10.3. The lowest BCUT2D eigenvalue weighted by molar-refractivity contribution is 0.919. The van der Waals surface area contributed by atoms with Gasteiger partial charge in [0.2, 0.25) is 0 Å². The molecule has 10 heavy (non-hydrogen) atoms. The molecule has 0 spiro atoms. The van der Waals surface area contributed by atoms with Gasteiger partial charge in [0, 0.05) is 9.75 Å². The molecule has 0 saturated heterocycles. The predicted molar refractivity (Wildman–Crippen MR) is 47.8 cm³/mol. The lowest BCUT2D eigenvalue weighted by Crippen LogP contribution is -1.79. The topological polar surface area (TPSA) is 0 Å². The molecule has 56 valence electrons. The van der Waals surface area contributed by atoms with E-state index in [1.807, 2.05) is 11.3 Å². The Bertz CT molecular complexity index is 211. The minimum Gasteiger partial charge on any atom is -0.146 e. The van der Waals surface area contributed by atoms with Gasteiger partial charge < -0.3 is 0 Å². The summed E-state index contributed by atoms with van der Waals surface area (Å²) in [7, 11) is 0. The van der Waals surface area contributed by atoms with E-state index in [-0.39, 0.29) is 0 Å². The largest absolute Gasteiger partial charge is 0.146 e. The Morgan fingerprint density at radius 3 is 2.50 bits per heavy atom. The molecule has 1 rings (SSSR count). The molecule has 0 amide bonds. The van der Waals surface area contributed by atoms with Crippen LogP contribution in [0.2, 0.25) is 0 Å². The van der Waals surface area contributed by atoms with Crippen molar-refractivity contribution in [2.75, 3.05) is 0 Å². The first-order valence-electron chi connectivity index (χ1n) is 3.80. The molecular weight excluding hydrogens is 140 g/mol. The van der Waals surface area contributed by atoms with E-state index in [1.54, 1.807) is 5.56 Å². The maximum atomic E-state index is 2.31. The van der Waals surface area contributed by atoms with E-state index < -0.39 is 0 Å². The highest BCUT2D eigenvalue weighted by Gasteiger charge is 1.99. The second-order valence-electron chi connectivity index (χ2n) is 2.69. The second kappa shape index (κ2) is 3.20. The van der Waals surface area contributed by atoms with Crippen molar-refractivity contribution in [3.05, 3.63) is 21.4 Å². The van der Waals surface area contributed by atoms with Crippen LogP contribution in [0.25, 0.3) is 0 Å². The minimum atomic E-state index is 1.25. The fourth-order valence-electron chi connectivity index (χ4n) is 1.20. The van der Waals surface area contributed by atoms with Crippen molar-refractivity contribution in [1.82, 2.24) is 0 Å². The summed E-state index contributed by atoms with van der Waals surface area (Å²) in [6, 6.07) is 2.31. The fraction of sp³-hybridized carbons (Fsp3) is 0.556. The van der Waals surface area contributed by atoms with Crippen LogP contribution in [0.5, 0.6) is 0 Å². The maximum Gasteiger partial charge on any atom is 0.00490 e. The van der Waals surface area contributed by atoms with E-state index in [0.29, 0.717) is 0 Å². The van der Waals surface area contributed by atoms with Gasteiger partial charge in [-0.3, -0.25) is 0 Å². The molecule has 0 N–H and O–H groups in total. The van der Waals surface area contributed by atoms with Crippen molar-refractivity contribution in [2.24, 2.45) is 0 Å². The molecule has 1 aromatic rings. The zero-order valence-electron chi connectivity index (χ0n) is 6.90. The number of thiophene rings is 1. The van der Waals surface area contributed by atoms with E-state index in [1.165, 1.54) is 22.6 Å². The SMILES string of the molecule is CCCc1cc(C)sc1C. The van der Waals surface area contributed by atoms with Gasteiger partial charge in [0.1, 0.15) is 0 Å². The molecule has 0 bridgehead atoms. The molecule has 0 aromatic carbocycles. The van der Waals surface area contributed by atoms with Crippen LogP contribution in [0, 0.1) is 13.8 Å². The summed E-state index contributed by atoms with van der Waals surface area (Å²) in [6.45, 7) is 6.62.